The largest absolute Gasteiger partial charge is 0.490 e. The minimum atomic E-state index is 0.0291. The van der Waals surface area contributed by atoms with E-state index in [4.69, 9.17) is 9.47 Å². The van der Waals surface area contributed by atoms with Crippen molar-refractivity contribution in [3.63, 3.8) is 0 Å². The lowest BCUT2D eigenvalue weighted by Crippen LogP contribution is -2.06. The standard InChI is InChI=1S/C21H20N4O3S/c26-17(15-2-5-18-19(12-15)28-11-1-10-27-18)13-29-21-24-23-20(25(21)16-3-4-16)14-6-8-22-9-7-14/h2,5-9,12,16H,1,3-4,10-11,13H2. The highest BCUT2D eigenvalue weighted by Gasteiger charge is 2.30. The number of thioether (sulfide) groups is 1. The molecule has 0 bridgehead atoms. The van der Waals surface area contributed by atoms with Crippen LogP contribution in [0.5, 0.6) is 11.5 Å². The summed E-state index contributed by atoms with van der Waals surface area (Å²) in [6.45, 7) is 1.23. The smallest absolute Gasteiger partial charge is 0.192 e. The Labute approximate surface area is 172 Å². The maximum atomic E-state index is 12.8. The second kappa shape index (κ2) is 7.87. The van der Waals surface area contributed by atoms with E-state index >= 15 is 0 Å². The van der Waals surface area contributed by atoms with Gasteiger partial charge in [-0.25, -0.2) is 0 Å². The normalized spacial score (nSPS) is 15.7. The van der Waals surface area contributed by atoms with Crippen LogP contribution in [0.2, 0.25) is 0 Å². The molecule has 7 nitrogen and oxygen atoms in total. The number of pyridine rings is 1. The highest BCUT2D eigenvalue weighted by molar-refractivity contribution is 7.99. The molecule has 0 saturated heterocycles. The monoisotopic (exact) mass is 408 g/mol. The van der Waals surface area contributed by atoms with E-state index in [1.165, 1.54) is 11.8 Å². The van der Waals surface area contributed by atoms with Crippen LogP contribution in [0.25, 0.3) is 11.4 Å². The van der Waals surface area contributed by atoms with Crippen LogP contribution in [0.3, 0.4) is 0 Å². The number of aromatic nitrogens is 4. The van der Waals surface area contributed by atoms with Crippen molar-refractivity contribution in [3.05, 3.63) is 48.3 Å². The van der Waals surface area contributed by atoms with E-state index in [-0.39, 0.29) is 5.78 Å². The van der Waals surface area contributed by atoms with Gasteiger partial charge in [0.05, 0.1) is 19.0 Å². The van der Waals surface area contributed by atoms with Gasteiger partial charge in [-0.2, -0.15) is 0 Å². The molecule has 1 saturated carbocycles. The van der Waals surface area contributed by atoms with Crippen molar-refractivity contribution in [1.29, 1.82) is 0 Å². The van der Waals surface area contributed by atoms with Crippen molar-refractivity contribution < 1.29 is 14.3 Å². The van der Waals surface area contributed by atoms with Gasteiger partial charge in [-0.1, -0.05) is 11.8 Å². The number of hydrogen-bond acceptors (Lipinski definition) is 7. The Morgan fingerprint density at radius 1 is 1.07 bits per heavy atom. The van der Waals surface area contributed by atoms with Crippen molar-refractivity contribution >= 4 is 17.5 Å². The Morgan fingerprint density at radius 3 is 2.66 bits per heavy atom. The van der Waals surface area contributed by atoms with Gasteiger partial charge in [0.15, 0.2) is 28.3 Å². The fourth-order valence-corrected chi connectivity index (χ4v) is 4.19. The van der Waals surface area contributed by atoms with Crippen LogP contribution in [-0.4, -0.2) is 44.5 Å². The topological polar surface area (TPSA) is 79.1 Å². The first-order valence-corrected chi connectivity index (χ1v) is 10.7. The van der Waals surface area contributed by atoms with Gasteiger partial charge in [-0.05, 0) is 43.2 Å². The first-order chi connectivity index (χ1) is 14.3. The molecule has 0 radical (unpaired) electrons. The number of hydrogen-bond donors (Lipinski definition) is 0. The van der Waals surface area contributed by atoms with Crippen molar-refractivity contribution in [2.24, 2.45) is 0 Å². The second-order valence-electron chi connectivity index (χ2n) is 7.07. The van der Waals surface area contributed by atoms with Crippen LogP contribution >= 0.6 is 11.8 Å². The lowest BCUT2D eigenvalue weighted by Gasteiger charge is -2.10. The average molecular weight is 408 g/mol. The lowest BCUT2D eigenvalue weighted by atomic mass is 10.1. The third-order valence-electron chi connectivity index (χ3n) is 4.92. The molecule has 0 spiro atoms. The number of carbonyl (C=O) groups excluding carboxylic acids is 1. The van der Waals surface area contributed by atoms with Gasteiger partial charge in [-0.3, -0.25) is 14.3 Å². The van der Waals surface area contributed by atoms with Crippen molar-refractivity contribution in [2.45, 2.75) is 30.5 Å². The molecule has 2 aromatic heterocycles. The summed E-state index contributed by atoms with van der Waals surface area (Å²) in [5.41, 5.74) is 1.61. The summed E-state index contributed by atoms with van der Waals surface area (Å²) in [5, 5.41) is 9.52. The van der Waals surface area contributed by atoms with Gasteiger partial charge in [0.2, 0.25) is 0 Å². The number of benzene rings is 1. The molecular formula is C21H20N4O3S. The van der Waals surface area contributed by atoms with Crippen molar-refractivity contribution in [1.82, 2.24) is 19.7 Å². The van der Waals surface area contributed by atoms with E-state index in [1.807, 2.05) is 18.2 Å². The van der Waals surface area contributed by atoms with Crippen molar-refractivity contribution in [3.8, 4) is 22.9 Å². The molecule has 8 heteroatoms. The minimum absolute atomic E-state index is 0.0291. The first kappa shape index (κ1) is 18.2. The predicted molar refractivity (Wildman–Crippen MR) is 109 cm³/mol. The summed E-state index contributed by atoms with van der Waals surface area (Å²) in [7, 11) is 0. The Kier molecular flexibility index (Phi) is 4.93. The summed E-state index contributed by atoms with van der Waals surface area (Å²) in [6.07, 6.45) is 6.56. The number of Topliss-reactive ketones (excluding diaryl/α,β-unsaturated/α-hetero) is 1. The molecule has 0 atom stereocenters. The Balaban J connectivity index is 1.33. The van der Waals surface area contributed by atoms with E-state index in [9.17, 15) is 4.79 Å². The summed E-state index contributed by atoms with van der Waals surface area (Å²) in [4.78, 5) is 16.9. The Morgan fingerprint density at radius 2 is 1.86 bits per heavy atom. The fourth-order valence-electron chi connectivity index (χ4n) is 3.29. The zero-order valence-corrected chi connectivity index (χ0v) is 16.6. The van der Waals surface area contributed by atoms with Crippen molar-refractivity contribution in [2.75, 3.05) is 19.0 Å². The van der Waals surface area contributed by atoms with Crippen LogP contribution < -0.4 is 9.47 Å². The number of rotatable bonds is 6. The van der Waals surface area contributed by atoms with E-state index in [2.05, 4.69) is 19.7 Å². The fraction of sp³-hybridized carbons (Fsp3) is 0.333. The van der Waals surface area contributed by atoms with Crippen LogP contribution in [-0.2, 0) is 0 Å². The average Bonchev–Trinajstić information content (AvgIpc) is 3.55. The van der Waals surface area contributed by atoms with Gasteiger partial charge < -0.3 is 9.47 Å². The maximum Gasteiger partial charge on any atom is 0.192 e. The van der Waals surface area contributed by atoms with Gasteiger partial charge in [0.25, 0.3) is 0 Å². The molecular weight excluding hydrogens is 388 g/mol. The van der Waals surface area contributed by atoms with E-state index < -0.39 is 0 Å². The molecule has 0 unspecified atom stereocenters. The number of carbonyl (C=O) groups is 1. The summed E-state index contributed by atoms with van der Waals surface area (Å²) in [6, 6.07) is 9.65. The highest BCUT2D eigenvalue weighted by atomic mass is 32.2. The third kappa shape index (κ3) is 3.85. The number of ketones is 1. The maximum absolute atomic E-state index is 12.8. The Bertz CT molecular complexity index is 1030. The van der Waals surface area contributed by atoms with Gasteiger partial charge in [0.1, 0.15) is 0 Å². The molecule has 3 heterocycles. The van der Waals surface area contributed by atoms with Crippen LogP contribution in [0.15, 0.2) is 47.9 Å². The summed E-state index contributed by atoms with van der Waals surface area (Å²) < 4.78 is 13.5. The quantitative estimate of drug-likeness (QED) is 0.453. The molecule has 148 valence electrons. The zero-order valence-electron chi connectivity index (χ0n) is 15.8. The molecule has 1 fully saturated rings. The molecule has 0 N–H and O–H groups in total. The van der Waals surface area contributed by atoms with E-state index in [0.717, 1.165) is 35.8 Å². The third-order valence-corrected chi connectivity index (χ3v) is 5.86. The molecule has 1 aliphatic carbocycles. The predicted octanol–water partition coefficient (Wildman–Crippen LogP) is 3.81. The number of ether oxygens (including phenoxy) is 2. The van der Waals surface area contributed by atoms with Gasteiger partial charge in [-0.15, -0.1) is 10.2 Å². The number of nitrogens with zero attached hydrogens (tertiary/aromatic N) is 4. The molecule has 0 amide bonds. The first-order valence-electron chi connectivity index (χ1n) is 9.70. The lowest BCUT2D eigenvalue weighted by molar-refractivity contribution is 0.102. The second-order valence-corrected chi connectivity index (χ2v) is 8.01. The van der Waals surface area contributed by atoms with E-state index in [1.54, 1.807) is 24.5 Å². The summed E-state index contributed by atoms with van der Waals surface area (Å²) in [5.74, 6) is 2.49. The Hall–Kier alpha value is -2.87. The van der Waals surface area contributed by atoms with Crippen LogP contribution in [0, 0.1) is 0 Å². The minimum Gasteiger partial charge on any atom is -0.490 e. The molecule has 1 aliphatic heterocycles. The van der Waals surface area contributed by atoms with Gasteiger partial charge >= 0.3 is 0 Å². The SMILES string of the molecule is O=C(CSc1nnc(-c2ccncc2)n1C1CC1)c1ccc2c(c1)OCCCO2. The zero-order chi connectivity index (χ0) is 19.6. The number of fused-ring (bicyclic) bond motifs is 1. The highest BCUT2D eigenvalue weighted by Crippen LogP contribution is 2.41. The molecule has 1 aromatic carbocycles. The molecule has 3 aromatic rings. The molecule has 29 heavy (non-hydrogen) atoms. The van der Waals surface area contributed by atoms with E-state index in [0.29, 0.717) is 42.1 Å². The van der Waals surface area contributed by atoms with Gasteiger partial charge in [0, 0.05) is 36.0 Å². The molecule has 2 aliphatic rings. The summed E-state index contributed by atoms with van der Waals surface area (Å²) >= 11 is 1.43. The molecule has 5 rings (SSSR count). The van der Waals surface area contributed by atoms with Crippen LogP contribution in [0.4, 0.5) is 0 Å². The van der Waals surface area contributed by atoms with Crippen LogP contribution in [0.1, 0.15) is 35.7 Å².